The first-order chi connectivity index (χ1) is 8.97. The van der Waals surface area contributed by atoms with Crippen LogP contribution in [-0.4, -0.2) is 12.0 Å². The summed E-state index contributed by atoms with van der Waals surface area (Å²) in [5, 5.41) is 0.939. The molecule has 0 saturated heterocycles. The summed E-state index contributed by atoms with van der Waals surface area (Å²) in [4.78, 5) is 7.70. The Morgan fingerprint density at radius 3 is 2.53 bits per heavy atom. The SMILES string of the molecule is Cc1nc(N(C)Cc2ccc(F)cc2)sc1C(C)N. The topological polar surface area (TPSA) is 42.2 Å². The Balaban J connectivity index is 2.13. The molecule has 1 unspecified atom stereocenters. The summed E-state index contributed by atoms with van der Waals surface area (Å²) >= 11 is 1.61. The minimum Gasteiger partial charge on any atom is -0.347 e. The van der Waals surface area contributed by atoms with Gasteiger partial charge >= 0.3 is 0 Å². The molecule has 0 amide bonds. The molecule has 0 saturated carbocycles. The van der Waals surface area contributed by atoms with Crippen molar-refractivity contribution in [3.8, 4) is 0 Å². The lowest BCUT2D eigenvalue weighted by Gasteiger charge is -2.15. The summed E-state index contributed by atoms with van der Waals surface area (Å²) in [6.07, 6.45) is 0. The normalized spacial score (nSPS) is 12.5. The maximum Gasteiger partial charge on any atom is 0.185 e. The molecule has 0 aliphatic rings. The van der Waals surface area contributed by atoms with Gasteiger partial charge in [0.05, 0.1) is 5.69 Å². The molecule has 1 atom stereocenters. The second-order valence-electron chi connectivity index (χ2n) is 4.72. The molecule has 1 aromatic carbocycles. The third-order valence-corrected chi connectivity index (χ3v) is 4.37. The van der Waals surface area contributed by atoms with Gasteiger partial charge in [0.15, 0.2) is 5.13 Å². The monoisotopic (exact) mass is 279 g/mol. The highest BCUT2D eigenvalue weighted by Gasteiger charge is 2.14. The number of anilines is 1. The molecule has 1 heterocycles. The predicted molar refractivity (Wildman–Crippen MR) is 78.0 cm³/mol. The van der Waals surface area contributed by atoms with Gasteiger partial charge in [-0.15, -0.1) is 11.3 Å². The van der Waals surface area contributed by atoms with Gasteiger partial charge < -0.3 is 10.6 Å². The van der Waals surface area contributed by atoms with Crippen LogP contribution in [0.15, 0.2) is 24.3 Å². The fourth-order valence-electron chi connectivity index (χ4n) is 1.91. The van der Waals surface area contributed by atoms with Gasteiger partial charge in [-0.2, -0.15) is 0 Å². The smallest absolute Gasteiger partial charge is 0.185 e. The number of nitrogens with zero attached hydrogens (tertiary/aromatic N) is 2. The molecule has 0 spiro atoms. The van der Waals surface area contributed by atoms with Gasteiger partial charge in [-0.3, -0.25) is 0 Å². The van der Waals surface area contributed by atoms with Crippen LogP contribution in [0.25, 0.3) is 0 Å². The fourth-order valence-corrected chi connectivity index (χ4v) is 2.89. The van der Waals surface area contributed by atoms with Crippen molar-refractivity contribution in [1.29, 1.82) is 0 Å². The summed E-state index contributed by atoms with van der Waals surface area (Å²) in [5.41, 5.74) is 7.95. The molecule has 0 radical (unpaired) electrons. The number of rotatable bonds is 4. The summed E-state index contributed by atoms with van der Waals surface area (Å²) in [5.74, 6) is -0.212. The Morgan fingerprint density at radius 2 is 2.00 bits per heavy atom. The molecule has 0 fully saturated rings. The molecular formula is C14H18FN3S. The number of nitrogens with two attached hydrogens (primary N) is 1. The minimum atomic E-state index is -0.212. The molecule has 2 aromatic rings. The van der Waals surface area contributed by atoms with Gasteiger partial charge in [-0.25, -0.2) is 9.37 Å². The van der Waals surface area contributed by atoms with E-state index in [9.17, 15) is 4.39 Å². The molecule has 19 heavy (non-hydrogen) atoms. The maximum atomic E-state index is 12.9. The van der Waals surface area contributed by atoms with Gasteiger partial charge in [0.1, 0.15) is 5.82 Å². The molecule has 102 valence electrons. The average molecular weight is 279 g/mol. The highest BCUT2D eigenvalue weighted by atomic mass is 32.1. The quantitative estimate of drug-likeness (QED) is 0.934. The van der Waals surface area contributed by atoms with E-state index < -0.39 is 0 Å². The number of hydrogen-bond donors (Lipinski definition) is 1. The molecule has 3 nitrogen and oxygen atoms in total. The number of thiazole rings is 1. The largest absolute Gasteiger partial charge is 0.347 e. The lowest BCUT2D eigenvalue weighted by Crippen LogP contribution is -2.16. The minimum absolute atomic E-state index is 0.00507. The zero-order valence-electron chi connectivity index (χ0n) is 11.4. The van der Waals surface area contributed by atoms with E-state index in [0.717, 1.165) is 21.3 Å². The third-order valence-electron chi connectivity index (χ3n) is 2.89. The maximum absolute atomic E-state index is 12.9. The third kappa shape index (κ3) is 3.30. The number of halogens is 1. The predicted octanol–water partition coefficient (Wildman–Crippen LogP) is 3.25. The van der Waals surface area contributed by atoms with Crippen LogP contribution in [0.2, 0.25) is 0 Å². The van der Waals surface area contributed by atoms with Gasteiger partial charge in [0.2, 0.25) is 0 Å². The molecule has 1 aromatic heterocycles. The average Bonchev–Trinajstić information content (AvgIpc) is 2.74. The Hall–Kier alpha value is -1.46. The first-order valence-electron chi connectivity index (χ1n) is 6.16. The van der Waals surface area contributed by atoms with Crippen LogP contribution < -0.4 is 10.6 Å². The van der Waals surface area contributed by atoms with Crippen LogP contribution in [0, 0.1) is 12.7 Å². The van der Waals surface area contributed by atoms with Crippen molar-refractivity contribution in [1.82, 2.24) is 4.98 Å². The highest BCUT2D eigenvalue weighted by Crippen LogP contribution is 2.29. The molecule has 0 bridgehead atoms. The van der Waals surface area contributed by atoms with Gasteiger partial charge in [-0.05, 0) is 31.5 Å². The van der Waals surface area contributed by atoms with Gasteiger partial charge in [0.25, 0.3) is 0 Å². The first-order valence-corrected chi connectivity index (χ1v) is 6.97. The van der Waals surface area contributed by atoms with Gasteiger partial charge in [0, 0.05) is 24.5 Å². The zero-order valence-corrected chi connectivity index (χ0v) is 12.2. The van der Waals surface area contributed by atoms with E-state index in [1.54, 1.807) is 23.5 Å². The fraction of sp³-hybridized carbons (Fsp3) is 0.357. The van der Waals surface area contributed by atoms with Crippen LogP contribution >= 0.6 is 11.3 Å². The first kappa shape index (κ1) is 14.0. The molecule has 2 N–H and O–H groups in total. The molecule has 0 aliphatic heterocycles. The lowest BCUT2D eigenvalue weighted by molar-refractivity contribution is 0.627. The van der Waals surface area contributed by atoms with E-state index in [1.165, 1.54) is 12.1 Å². The number of benzene rings is 1. The number of hydrogen-bond acceptors (Lipinski definition) is 4. The Morgan fingerprint density at radius 1 is 1.37 bits per heavy atom. The standard InChI is InChI=1S/C14H18FN3S/c1-9(16)13-10(2)17-14(19-13)18(3)8-11-4-6-12(15)7-5-11/h4-7,9H,8,16H2,1-3H3. The summed E-state index contributed by atoms with van der Waals surface area (Å²) in [6.45, 7) is 4.64. The molecule has 5 heteroatoms. The Bertz CT molecular complexity index is 548. The molecule has 2 rings (SSSR count). The number of aryl methyl sites for hydroxylation is 1. The van der Waals surface area contributed by atoms with Crippen LogP contribution in [0.3, 0.4) is 0 Å². The van der Waals surface area contributed by atoms with Crippen LogP contribution in [0.1, 0.15) is 29.1 Å². The van der Waals surface area contributed by atoms with E-state index in [4.69, 9.17) is 5.73 Å². The summed E-state index contributed by atoms with van der Waals surface area (Å²) in [7, 11) is 1.98. The van der Waals surface area contributed by atoms with E-state index >= 15 is 0 Å². The van der Waals surface area contributed by atoms with Gasteiger partial charge in [-0.1, -0.05) is 12.1 Å². The van der Waals surface area contributed by atoms with Crippen molar-refractivity contribution in [2.75, 3.05) is 11.9 Å². The Labute approximate surface area is 116 Å². The Kier molecular flexibility index (Phi) is 4.17. The van der Waals surface area contributed by atoms with E-state index in [2.05, 4.69) is 9.88 Å². The van der Waals surface area contributed by atoms with E-state index in [1.807, 2.05) is 20.9 Å². The van der Waals surface area contributed by atoms with Crippen molar-refractivity contribution < 1.29 is 4.39 Å². The van der Waals surface area contributed by atoms with Crippen molar-refractivity contribution in [2.45, 2.75) is 26.4 Å². The second kappa shape index (κ2) is 5.67. The summed E-state index contributed by atoms with van der Waals surface area (Å²) in [6, 6.07) is 6.54. The molecular weight excluding hydrogens is 261 g/mol. The van der Waals surface area contributed by atoms with Crippen molar-refractivity contribution in [3.63, 3.8) is 0 Å². The van der Waals surface area contributed by atoms with E-state index in [0.29, 0.717) is 6.54 Å². The van der Waals surface area contributed by atoms with Crippen LogP contribution in [0.5, 0.6) is 0 Å². The summed E-state index contributed by atoms with van der Waals surface area (Å²) < 4.78 is 12.9. The van der Waals surface area contributed by atoms with Crippen molar-refractivity contribution in [2.24, 2.45) is 5.73 Å². The second-order valence-corrected chi connectivity index (χ2v) is 5.73. The molecule has 0 aliphatic carbocycles. The van der Waals surface area contributed by atoms with Crippen molar-refractivity contribution in [3.05, 3.63) is 46.2 Å². The highest BCUT2D eigenvalue weighted by molar-refractivity contribution is 7.15. The van der Waals surface area contributed by atoms with Crippen LogP contribution in [0.4, 0.5) is 9.52 Å². The lowest BCUT2D eigenvalue weighted by atomic mass is 10.2. The van der Waals surface area contributed by atoms with Crippen molar-refractivity contribution >= 4 is 16.5 Å². The van der Waals surface area contributed by atoms with E-state index in [-0.39, 0.29) is 11.9 Å². The zero-order chi connectivity index (χ0) is 14.0. The number of aromatic nitrogens is 1. The van der Waals surface area contributed by atoms with Crippen LogP contribution in [-0.2, 0) is 6.54 Å².